The molecule has 2 N–H and O–H groups in total. The quantitative estimate of drug-likeness (QED) is 0.331. The largest absolute Gasteiger partial charge is 0.353 e. The Morgan fingerprint density at radius 1 is 0.829 bits per heavy atom. The summed E-state index contributed by atoms with van der Waals surface area (Å²) in [4.78, 5) is 42.1. The maximum absolute atomic E-state index is 12.4. The van der Waals surface area contributed by atoms with E-state index in [2.05, 4.69) is 10.0 Å². The second-order valence-corrected chi connectivity index (χ2v) is 9.58. The molecule has 0 atom stereocenters. The molecule has 3 aromatic rings. The fourth-order valence-electron chi connectivity index (χ4n) is 3.61. The fraction of sp³-hybridized carbons (Fsp3) is 0.160. The van der Waals surface area contributed by atoms with Gasteiger partial charge in [-0.15, -0.1) is 5.06 Å². The molecule has 0 saturated carbocycles. The van der Waals surface area contributed by atoms with E-state index in [0.29, 0.717) is 21.9 Å². The van der Waals surface area contributed by atoms with Crippen LogP contribution >= 0.6 is 0 Å². The van der Waals surface area contributed by atoms with Crippen LogP contribution in [0.15, 0.2) is 78.9 Å². The van der Waals surface area contributed by atoms with Crippen molar-refractivity contribution >= 4 is 33.4 Å². The number of hydroxylamine groups is 2. The number of hydrogen-bond acceptors (Lipinski definition) is 6. The molecule has 1 heterocycles. The van der Waals surface area contributed by atoms with E-state index < -0.39 is 21.8 Å². The lowest BCUT2D eigenvalue weighted by molar-refractivity contribution is -0.122. The summed E-state index contributed by atoms with van der Waals surface area (Å²) in [5.74, 6) is -1.56. The second kappa shape index (κ2) is 10.5. The zero-order chi connectivity index (χ0) is 24.8. The number of nitrogens with one attached hydrogen (secondary N) is 2. The summed E-state index contributed by atoms with van der Waals surface area (Å²) >= 11 is 0. The van der Waals surface area contributed by atoms with Crippen LogP contribution in [-0.4, -0.2) is 44.4 Å². The second-order valence-electron chi connectivity index (χ2n) is 7.86. The van der Waals surface area contributed by atoms with Crippen LogP contribution in [0.25, 0.3) is 0 Å². The molecule has 0 aromatic heterocycles. The highest BCUT2D eigenvalue weighted by molar-refractivity contribution is 7.91. The summed E-state index contributed by atoms with van der Waals surface area (Å²) < 4.78 is 27.4. The molecule has 3 amide bonds. The lowest BCUT2D eigenvalue weighted by atomic mass is 10.1. The minimum absolute atomic E-state index is 0.0151. The van der Waals surface area contributed by atoms with Crippen LogP contribution in [-0.2, 0) is 31.8 Å². The molecule has 0 aliphatic carbocycles. The monoisotopic (exact) mass is 493 g/mol. The summed E-state index contributed by atoms with van der Waals surface area (Å²) in [6, 6.07) is 21.8. The molecule has 1 aliphatic heterocycles. The number of sulfonamides is 1. The normalized spacial score (nSPS) is 13.0. The van der Waals surface area contributed by atoms with Crippen molar-refractivity contribution in [1.82, 2.24) is 10.4 Å². The molecule has 4 rings (SSSR count). The van der Waals surface area contributed by atoms with Gasteiger partial charge in [-0.05, 0) is 35.4 Å². The highest BCUT2D eigenvalue weighted by Crippen LogP contribution is 2.22. The number of rotatable bonds is 10. The molecule has 35 heavy (non-hydrogen) atoms. The van der Waals surface area contributed by atoms with E-state index in [9.17, 15) is 22.8 Å². The number of benzene rings is 3. The first-order valence-corrected chi connectivity index (χ1v) is 12.5. The maximum Gasteiger partial charge on any atom is 0.285 e. The summed E-state index contributed by atoms with van der Waals surface area (Å²) in [6.45, 7) is 0.00612. The van der Waals surface area contributed by atoms with Crippen molar-refractivity contribution in [3.63, 3.8) is 0 Å². The summed E-state index contributed by atoms with van der Waals surface area (Å²) in [6.07, 6.45) is 0.0151. The molecular formula is C25H23N3O6S. The minimum atomic E-state index is -3.61. The van der Waals surface area contributed by atoms with Crippen LogP contribution in [0.2, 0.25) is 0 Å². The van der Waals surface area contributed by atoms with Gasteiger partial charge < -0.3 is 5.32 Å². The summed E-state index contributed by atoms with van der Waals surface area (Å²) in [7, 11) is -3.61. The molecule has 3 aromatic carbocycles. The first kappa shape index (κ1) is 24.1. The van der Waals surface area contributed by atoms with E-state index in [0.717, 1.165) is 0 Å². The third-order valence-corrected chi connectivity index (χ3v) is 6.43. The molecule has 0 unspecified atom stereocenters. The van der Waals surface area contributed by atoms with Gasteiger partial charge >= 0.3 is 0 Å². The van der Waals surface area contributed by atoms with Gasteiger partial charge in [0.1, 0.15) is 0 Å². The van der Waals surface area contributed by atoms with Crippen molar-refractivity contribution in [1.29, 1.82) is 0 Å². The van der Waals surface area contributed by atoms with E-state index in [1.165, 1.54) is 0 Å². The standard InChI is InChI=1S/C25H23N3O6S/c29-23(26-13-14-34-28-24(30)21-11-4-5-12-22(21)25(28)31)16-19-9-6-10-20(15-19)27-35(32,33)17-18-7-2-1-3-8-18/h1-12,15,27H,13-14,16-17H2,(H,26,29). The van der Waals surface area contributed by atoms with Crippen LogP contribution in [0.3, 0.4) is 0 Å². The Morgan fingerprint density at radius 2 is 1.46 bits per heavy atom. The van der Waals surface area contributed by atoms with E-state index in [1.54, 1.807) is 72.8 Å². The Labute approximate surface area is 202 Å². The van der Waals surface area contributed by atoms with Crippen LogP contribution in [0, 0.1) is 0 Å². The molecule has 180 valence electrons. The zero-order valence-electron chi connectivity index (χ0n) is 18.6. The van der Waals surface area contributed by atoms with Crippen LogP contribution in [0.5, 0.6) is 0 Å². The van der Waals surface area contributed by atoms with E-state index in [-0.39, 0.29) is 42.4 Å². The highest BCUT2D eigenvalue weighted by Gasteiger charge is 2.36. The van der Waals surface area contributed by atoms with E-state index in [4.69, 9.17) is 4.84 Å². The van der Waals surface area contributed by atoms with Gasteiger partial charge in [0.2, 0.25) is 15.9 Å². The SMILES string of the molecule is O=C(Cc1cccc(NS(=O)(=O)Cc2ccccc2)c1)NCCON1C(=O)c2ccccc2C1=O. The number of hydrogen-bond donors (Lipinski definition) is 2. The number of carbonyl (C=O) groups is 3. The number of nitrogens with zero attached hydrogens (tertiary/aromatic N) is 1. The number of fused-ring (bicyclic) bond motifs is 1. The van der Waals surface area contributed by atoms with Crippen molar-refractivity contribution < 1.29 is 27.6 Å². The van der Waals surface area contributed by atoms with Crippen molar-refractivity contribution in [3.05, 3.63) is 101 Å². The Morgan fingerprint density at radius 3 is 2.14 bits per heavy atom. The smallest absolute Gasteiger partial charge is 0.285 e. The lowest BCUT2D eigenvalue weighted by Crippen LogP contribution is -2.35. The third kappa shape index (κ3) is 6.11. The topological polar surface area (TPSA) is 122 Å². The Hall–Kier alpha value is -4.02. The average Bonchev–Trinajstić information content (AvgIpc) is 3.07. The predicted molar refractivity (Wildman–Crippen MR) is 129 cm³/mol. The van der Waals surface area contributed by atoms with Gasteiger partial charge in [-0.3, -0.25) is 23.9 Å². The third-order valence-electron chi connectivity index (χ3n) is 5.17. The van der Waals surface area contributed by atoms with Crippen LogP contribution in [0.1, 0.15) is 31.8 Å². The minimum Gasteiger partial charge on any atom is -0.353 e. The Kier molecular flexibility index (Phi) is 7.23. The molecular weight excluding hydrogens is 470 g/mol. The lowest BCUT2D eigenvalue weighted by Gasteiger charge is -2.13. The number of anilines is 1. The summed E-state index contributed by atoms with van der Waals surface area (Å²) in [5.41, 5.74) is 2.20. The zero-order valence-corrected chi connectivity index (χ0v) is 19.5. The molecule has 1 aliphatic rings. The molecule has 10 heteroatoms. The number of amides is 3. The number of carbonyl (C=O) groups excluding carboxylic acids is 3. The molecule has 0 fully saturated rings. The van der Waals surface area contributed by atoms with Crippen molar-refractivity contribution in [2.45, 2.75) is 12.2 Å². The summed E-state index contributed by atoms with van der Waals surface area (Å²) in [5, 5.41) is 3.35. The van der Waals surface area contributed by atoms with Gasteiger partial charge in [0.25, 0.3) is 11.8 Å². The molecule has 9 nitrogen and oxygen atoms in total. The van der Waals surface area contributed by atoms with Gasteiger partial charge in [-0.25, -0.2) is 8.42 Å². The van der Waals surface area contributed by atoms with Gasteiger partial charge in [0.15, 0.2) is 0 Å². The Balaban J connectivity index is 1.24. The van der Waals surface area contributed by atoms with Crippen molar-refractivity contribution in [2.75, 3.05) is 17.9 Å². The predicted octanol–water partition coefficient (Wildman–Crippen LogP) is 2.52. The van der Waals surface area contributed by atoms with E-state index >= 15 is 0 Å². The molecule has 0 radical (unpaired) electrons. The van der Waals surface area contributed by atoms with Crippen LogP contribution < -0.4 is 10.0 Å². The molecule has 0 spiro atoms. The first-order chi connectivity index (χ1) is 16.8. The first-order valence-electron chi connectivity index (χ1n) is 10.8. The maximum atomic E-state index is 12.4. The van der Waals surface area contributed by atoms with Crippen LogP contribution in [0.4, 0.5) is 5.69 Å². The van der Waals surface area contributed by atoms with E-state index in [1.807, 2.05) is 6.07 Å². The Bertz CT molecular complexity index is 1320. The van der Waals surface area contributed by atoms with Crippen molar-refractivity contribution in [2.24, 2.45) is 0 Å². The average molecular weight is 494 g/mol. The van der Waals surface area contributed by atoms with Gasteiger partial charge in [0, 0.05) is 12.2 Å². The van der Waals surface area contributed by atoms with Crippen molar-refractivity contribution in [3.8, 4) is 0 Å². The fourth-order valence-corrected chi connectivity index (χ4v) is 4.80. The van der Waals surface area contributed by atoms with Gasteiger partial charge in [-0.2, -0.15) is 0 Å². The number of imide groups is 1. The molecule has 0 saturated heterocycles. The molecule has 0 bridgehead atoms. The van der Waals surface area contributed by atoms with Gasteiger partial charge in [0.05, 0.1) is 29.9 Å². The van der Waals surface area contributed by atoms with Gasteiger partial charge in [-0.1, -0.05) is 54.6 Å². The highest BCUT2D eigenvalue weighted by atomic mass is 32.2.